The Balaban J connectivity index is 1.82. The molecule has 8 nitrogen and oxygen atoms in total. The molecule has 10 heteroatoms. The van der Waals surface area contributed by atoms with Crippen molar-refractivity contribution in [2.45, 2.75) is 12.3 Å². The minimum Gasteiger partial charge on any atom is -0.267 e. The van der Waals surface area contributed by atoms with Gasteiger partial charge in [-0.1, -0.05) is 48.5 Å². The Morgan fingerprint density at radius 2 is 1.62 bits per heavy atom. The maximum absolute atomic E-state index is 13.5. The summed E-state index contributed by atoms with van der Waals surface area (Å²) in [6.07, 6.45) is 1.50. The lowest BCUT2D eigenvalue weighted by molar-refractivity contribution is -0.384. The monoisotopic (exact) mass is 479 g/mol. The Kier molecular flexibility index (Phi) is 6.60. The number of rotatable bonds is 7. The van der Waals surface area contributed by atoms with Gasteiger partial charge in [0, 0.05) is 17.7 Å². The van der Waals surface area contributed by atoms with Gasteiger partial charge in [0.2, 0.25) is 0 Å². The Bertz CT molecular complexity index is 1490. The lowest BCUT2D eigenvalue weighted by Gasteiger charge is -2.13. The molecule has 0 radical (unpaired) electrons. The summed E-state index contributed by atoms with van der Waals surface area (Å²) in [5.74, 6) is -0.545. The van der Waals surface area contributed by atoms with Crippen molar-refractivity contribution in [1.82, 2.24) is 9.78 Å². The molecule has 0 aliphatic heterocycles. The van der Waals surface area contributed by atoms with Gasteiger partial charge in [0.1, 0.15) is 16.5 Å². The number of benzene rings is 3. The SMILES string of the molecule is O=c1c(-c2ccc(F)cc2)c(-c2ccc(C[SH](=O)=O)cc2)cnn1Cc1cccc([N+](=O)[O-])c1. The highest BCUT2D eigenvalue weighted by Crippen LogP contribution is 2.29. The predicted octanol–water partition coefficient (Wildman–Crippen LogP) is 3.78. The number of nitrogens with zero attached hydrogens (tertiary/aromatic N) is 3. The highest BCUT2D eigenvalue weighted by molar-refractivity contribution is 7.71. The van der Waals surface area contributed by atoms with Crippen LogP contribution in [0.15, 0.2) is 83.8 Å². The van der Waals surface area contributed by atoms with Crippen molar-refractivity contribution in [2.24, 2.45) is 0 Å². The van der Waals surface area contributed by atoms with Gasteiger partial charge >= 0.3 is 0 Å². The minimum absolute atomic E-state index is 0.00444. The van der Waals surface area contributed by atoms with Crippen LogP contribution in [0.2, 0.25) is 0 Å². The topological polar surface area (TPSA) is 112 Å². The van der Waals surface area contributed by atoms with Crippen LogP contribution in [0.1, 0.15) is 11.1 Å². The summed E-state index contributed by atoms with van der Waals surface area (Å²) in [7, 11) is -2.57. The van der Waals surface area contributed by atoms with Gasteiger partial charge in [0.05, 0.1) is 29.0 Å². The zero-order valence-corrected chi connectivity index (χ0v) is 18.5. The van der Waals surface area contributed by atoms with Crippen LogP contribution in [0, 0.1) is 15.9 Å². The molecule has 0 saturated heterocycles. The van der Waals surface area contributed by atoms with Gasteiger partial charge in [-0.25, -0.2) is 17.5 Å². The summed E-state index contributed by atoms with van der Waals surface area (Å²) >= 11 is 0. The molecule has 0 fully saturated rings. The third kappa shape index (κ3) is 5.07. The number of hydrogen-bond acceptors (Lipinski definition) is 6. The molecule has 0 unspecified atom stereocenters. The molecule has 0 aliphatic carbocycles. The van der Waals surface area contributed by atoms with Crippen LogP contribution in [0.3, 0.4) is 0 Å². The van der Waals surface area contributed by atoms with E-state index in [0.29, 0.717) is 27.8 Å². The number of non-ortho nitro benzene ring substituents is 1. The van der Waals surface area contributed by atoms with Crippen LogP contribution >= 0.6 is 0 Å². The molecule has 0 aliphatic rings. The molecule has 1 heterocycles. The van der Waals surface area contributed by atoms with Crippen molar-refractivity contribution in [3.63, 3.8) is 0 Å². The Hall–Kier alpha value is -4.18. The van der Waals surface area contributed by atoms with E-state index >= 15 is 0 Å². The highest BCUT2D eigenvalue weighted by atomic mass is 32.2. The van der Waals surface area contributed by atoms with Gasteiger partial charge in [-0.3, -0.25) is 14.9 Å². The van der Waals surface area contributed by atoms with E-state index in [1.54, 1.807) is 30.3 Å². The fourth-order valence-electron chi connectivity index (χ4n) is 3.60. The van der Waals surface area contributed by atoms with Crippen molar-refractivity contribution >= 4 is 16.4 Å². The van der Waals surface area contributed by atoms with Crippen LogP contribution in [0.5, 0.6) is 0 Å². The lowest BCUT2D eigenvalue weighted by atomic mass is 9.96. The second kappa shape index (κ2) is 9.75. The third-order valence-electron chi connectivity index (χ3n) is 5.21. The third-order valence-corrected chi connectivity index (χ3v) is 5.83. The zero-order chi connectivity index (χ0) is 24.2. The van der Waals surface area contributed by atoms with E-state index in [1.165, 1.54) is 53.3 Å². The molecular formula is C24H18FN3O5S. The molecule has 3 aromatic carbocycles. The van der Waals surface area contributed by atoms with E-state index < -0.39 is 27.0 Å². The van der Waals surface area contributed by atoms with E-state index in [-0.39, 0.29) is 23.5 Å². The van der Waals surface area contributed by atoms with E-state index in [1.807, 2.05) is 0 Å². The van der Waals surface area contributed by atoms with E-state index in [0.717, 1.165) is 0 Å². The molecule has 0 bridgehead atoms. The number of aromatic nitrogens is 2. The quantitative estimate of drug-likeness (QED) is 0.245. The van der Waals surface area contributed by atoms with Crippen molar-refractivity contribution in [3.8, 4) is 22.3 Å². The smallest absolute Gasteiger partial charge is 0.267 e. The molecule has 172 valence electrons. The fourth-order valence-corrected chi connectivity index (χ4v) is 4.10. The summed E-state index contributed by atoms with van der Waals surface area (Å²) in [5, 5.41) is 15.3. The average molecular weight is 479 g/mol. The molecule has 4 aromatic rings. The number of nitro benzene ring substituents is 1. The normalized spacial score (nSPS) is 11.0. The Morgan fingerprint density at radius 3 is 2.26 bits per heavy atom. The van der Waals surface area contributed by atoms with Crippen LogP contribution in [0.4, 0.5) is 10.1 Å². The van der Waals surface area contributed by atoms with E-state index in [4.69, 9.17) is 0 Å². The second-order valence-corrected chi connectivity index (χ2v) is 8.50. The maximum Gasteiger partial charge on any atom is 0.275 e. The first-order chi connectivity index (χ1) is 16.3. The molecule has 0 spiro atoms. The van der Waals surface area contributed by atoms with Gasteiger partial charge < -0.3 is 0 Å². The van der Waals surface area contributed by atoms with Crippen molar-refractivity contribution in [2.75, 3.05) is 0 Å². The summed E-state index contributed by atoms with van der Waals surface area (Å²) in [6.45, 7) is 0.00444. The zero-order valence-electron chi connectivity index (χ0n) is 17.6. The molecule has 34 heavy (non-hydrogen) atoms. The molecule has 0 saturated carbocycles. The van der Waals surface area contributed by atoms with Gasteiger partial charge in [0.25, 0.3) is 11.2 Å². The van der Waals surface area contributed by atoms with Crippen molar-refractivity contribution in [3.05, 3.63) is 116 Å². The Labute approximate surface area is 195 Å². The van der Waals surface area contributed by atoms with Crippen LogP contribution in [-0.4, -0.2) is 23.1 Å². The number of nitro groups is 1. The van der Waals surface area contributed by atoms with Crippen LogP contribution < -0.4 is 5.56 Å². The van der Waals surface area contributed by atoms with Gasteiger partial charge in [-0.05, 0) is 34.4 Å². The standard InChI is InChI=1S/C24H18FN3O5S/c25-20-10-8-19(9-11-20)23-22(18-6-4-16(5-7-18)15-34(32)33)13-26-27(24(23)29)14-17-2-1-3-21(12-17)28(30)31/h1-13,34H,14-15H2. The van der Waals surface area contributed by atoms with Gasteiger partial charge in [0.15, 0.2) is 0 Å². The minimum atomic E-state index is -2.57. The molecule has 0 amide bonds. The van der Waals surface area contributed by atoms with Gasteiger partial charge in [-0.2, -0.15) is 5.10 Å². The Morgan fingerprint density at radius 1 is 0.941 bits per heavy atom. The lowest BCUT2D eigenvalue weighted by Crippen LogP contribution is -2.25. The molecule has 4 rings (SSSR count). The highest BCUT2D eigenvalue weighted by Gasteiger charge is 2.16. The summed E-state index contributed by atoms with van der Waals surface area (Å²) in [6, 6.07) is 18.1. The summed E-state index contributed by atoms with van der Waals surface area (Å²) in [5.41, 5.74) is 2.46. The molecule has 0 N–H and O–H groups in total. The molecule has 0 atom stereocenters. The molecule has 1 aromatic heterocycles. The fraction of sp³-hybridized carbons (Fsp3) is 0.0833. The van der Waals surface area contributed by atoms with Crippen molar-refractivity contribution < 1.29 is 17.7 Å². The van der Waals surface area contributed by atoms with E-state index in [9.17, 15) is 27.7 Å². The number of thiol groups is 1. The van der Waals surface area contributed by atoms with Gasteiger partial charge in [-0.15, -0.1) is 0 Å². The largest absolute Gasteiger partial charge is 0.275 e. The maximum atomic E-state index is 13.5. The number of hydrogen-bond donors (Lipinski definition) is 1. The summed E-state index contributed by atoms with van der Waals surface area (Å²) < 4.78 is 36.7. The predicted molar refractivity (Wildman–Crippen MR) is 126 cm³/mol. The molecular weight excluding hydrogens is 461 g/mol. The second-order valence-electron chi connectivity index (χ2n) is 7.52. The van der Waals surface area contributed by atoms with Crippen LogP contribution in [-0.2, 0) is 23.0 Å². The van der Waals surface area contributed by atoms with Crippen LogP contribution in [0.25, 0.3) is 22.3 Å². The van der Waals surface area contributed by atoms with E-state index in [2.05, 4.69) is 5.10 Å². The number of halogens is 1. The first-order valence-corrected chi connectivity index (χ1v) is 11.5. The average Bonchev–Trinajstić information content (AvgIpc) is 2.81. The first kappa shape index (κ1) is 23.0. The summed E-state index contributed by atoms with van der Waals surface area (Å²) in [4.78, 5) is 24.0. The first-order valence-electron chi connectivity index (χ1n) is 10.1. The van der Waals surface area contributed by atoms with Crippen molar-refractivity contribution in [1.29, 1.82) is 0 Å².